The van der Waals surface area contributed by atoms with E-state index < -0.39 is 0 Å². The molecule has 1 unspecified atom stereocenters. The fourth-order valence-corrected chi connectivity index (χ4v) is 2.26. The number of benzene rings is 1. The molecular weight excluding hydrogens is 354 g/mol. The van der Waals surface area contributed by atoms with E-state index in [4.69, 9.17) is 43.7 Å². The highest BCUT2D eigenvalue weighted by Gasteiger charge is 2.16. The second-order valence-corrected chi connectivity index (χ2v) is 5.82. The highest BCUT2D eigenvalue weighted by Crippen LogP contribution is 2.15. The number of nitrogens with two attached hydrogens (primary N) is 3. The molecule has 26 heavy (non-hydrogen) atoms. The summed E-state index contributed by atoms with van der Waals surface area (Å²) >= 11 is 5.81. The third kappa shape index (κ3) is 7.96. The van der Waals surface area contributed by atoms with Gasteiger partial charge >= 0.3 is 0 Å². The molecule has 0 amide bonds. The topological polar surface area (TPSA) is 132 Å². The molecule has 0 saturated carbocycles. The van der Waals surface area contributed by atoms with Crippen LogP contribution >= 0.6 is 11.6 Å². The summed E-state index contributed by atoms with van der Waals surface area (Å²) in [5.41, 5.74) is 19.1. The predicted octanol–water partition coefficient (Wildman–Crippen LogP) is 1.86. The van der Waals surface area contributed by atoms with Gasteiger partial charge < -0.3 is 37.4 Å². The van der Waals surface area contributed by atoms with Crippen LogP contribution in [0.25, 0.3) is 0 Å². The van der Waals surface area contributed by atoms with Gasteiger partial charge in [-0.15, -0.1) is 0 Å². The Hall–Kier alpha value is -2.64. The molecule has 142 valence electrons. The summed E-state index contributed by atoms with van der Waals surface area (Å²) in [6, 6.07) is 9.55. The molecular formula is C18H26ClN5O2. The molecule has 0 bridgehead atoms. The van der Waals surface area contributed by atoms with Crippen molar-refractivity contribution in [2.45, 2.75) is 19.1 Å². The first-order valence-corrected chi connectivity index (χ1v) is 8.35. The number of nitrogens with one attached hydrogen (secondary N) is 2. The Bertz CT molecular complexity index is 655. The highest BCUT2D eigenvalue weighted by molar-refractivity contribution is 6.29. The number of hydrogen-bond acceptors (Lipinski definition) is 7. The second-order valence-electron chi connectivity index (χ2n) is 5.39. The lowest BCUT2D eigenvalue weighted by molar-refractivity contribution is 0.114. The molecule has 0 spiro atoms. The molecule has 0 aliphatic heterocycles. The van der Waals surface area contributed by atoms with Crippen LogP contribution in [0.5, 0.6) is 0 Å². The molecule has 1 aromatic carbocycles. The van der Waals surface area contributed by atoms with E-state index in [1.165, 1.54) is 19.4 Å². The molecule has 7 nitrogen and oxygen atoms in total. The fourth-order valence-electron chi connectivity index (χ4n) is 2.14. The van der Waals surface area contributed by atoms with E-state index in [1.54, 1.807) is 0 Å². The fraction of sp³-hybridized carbons (Fsp3) is 0.278. The number of rotatable bonds is 11. The normalized spacial score (nSPS) is 14.4. The molecule has 0 heterocycles. The minimum Gasteiger partial charge on any atom is -0.482 e. The monoisotopic (exact) mass is 379 g/mol. The summed E-state index contributed by atoms with van der Waals surface area (Å²) < 4.78 is 10.8. The minimum absolute atomic E-state index is 0.0704. The standard InChI is InChI=1S/C18H26ClN5O2/c1-25-18(23)15(9-17(19)22)16(24-11-14(21)10-20)7-8-26-12-13-5-3-2-4-6-13/h2-6,9-11,16,20,24H,7-8,12,21-23H2,1H3/b14-11+,17-9-,18-15-,20-10?. The first-order chi connectivity index (χ1) is 12.5. The first kappa shape index (κ1) is 21.4. The van der Waals surface area contributed by atoms with E-state index in [1.807, 2.05) is 30.3 Å². The van der Waals surface area contributed by atoms with Crippen molar-refractivity contribution in [3.8, 4) is 0 Å². The lowest BCUT2D eigenvalue weighted by atomic mass is 10.0. The molecule has 0 aliphatic carbocycles. The molecule has 8 N–H and O–H groups in total. The van der Waals surface area contributed by atoms with Crippen molar-refractivity contribution in [1.29, 1.82) is 5.41 Å². The predicted molar refractivity (Wildman–Crippen MR) is 105 cm³/mol. The highest BCUT2D eigenvalue weighted by atomic mass is 35.5. The van der Waals surface area contributed by atoms with Crippen molar-refractivity contribution in [2.24, 2.45) is 17.2 Å². The number of halogens is 1. The van der Waals surface area contributed by atoms with Gasteiger partial charge in [-0.3, -0.25) is 0 Å². The summed E-state index contributed by atoms with van der Waals surface area (Å²) in [5.74, 6) is 0.177. The molecule has 1 aromatic rings. The Morgan fingerprint density at radius 1 is 1.27 bits per heavy atom. The van der Waals surface area contributed by atoms with Gasteiger partial charge in [-0.2, -0.15) is 0 Å². The summed E-state index contributed by atoms with van der Waals surface area (Å²) in [6.07, 6.45) is 4.61. The van der Waals surface area contributed by atoms with Crippen molar-refractivity contribution < 1.29 is 9.47 Å². The van der Waals surface area contributed by atoms with Gasteiger partial charge in [0.15, 0.2) is 5.88 Å². The minimum atomic E-state index is -0.318. The maximum atomic E-state index is 7.16. The van der Waals surface area contributed by atoms with Gasteiger partial charge in [0, 0.05) is 24.6 Å². The van der Waals surface area contributed by atoms with Crippen LogP contribution in [0.1, 0.15) is 12.0 Å². The average Bonchev–Trinajstić information content (AvgIpc) is 2.65. The van der Waals surface area contributed by atoms with Crippen LogP contribution in [0.15, 0.2) is 64.9 Å². The van der Waals surface area contributed by atoms with E-state index in [2.05, 4.69) is 5.32 Å². The number of allylic oxidation sites excluding steroid dienone is 1. The largest absolute Gasteiger partial charge is 0.482 e. The van der Waals surface area contributed by atoms with Crippen LogP contribution in [0.3, 0.4) is 0 Å². The molecule has 0 aromatic heterocycles. The van der Waals surface area contributed by atoms with E-state index in [9.17, 15) is 0 Å². The summed E-state index contributed by atoms with van der Waals surface area (Å²) in [7, 11) is 1.46. The maximum absolute atomic E-state index is 7.16. The van der Waals surface area contributed by atoms with Gasteiger partial charge in [-0.05, 0) is 18.1 Å². The molecule has 1 atom stereocenters. The number of methoxy groups -OCH3 is 1. The van der Waals surface area contributed by atoms with Crippen LogP contribution in [0.2, 0.25) is 0 Å². The van der Waals surface area contributed by atoms with E-state index in [0.717, 1.165) is 11.8 Å². The molecule has 0 aliphatic rings. The first-order valence-electron chi connectivity index (χ1n) is 7.98. The van der Waals surface area contributed by atoms with Crippen LogP contribution in [-0.2, 0) is 16.1 Å². The van der Waals surface area contributed by atoms with Crippen LogP contribution in [0.4, 0.5) is 0 Å². The van der Waals surface area contributed by atoms with Gasteiger partial charge in [0.1, 0.15) is 0 Å². The maximum Gasteiger partial charge on any atom is 0.189 e. The lowest BCUT2D eigenvalue weighted by Crippen LogP contribution is -2.31. The van der Waals surface area contributed by atoms with E-state index >= 15 is 0 Å². The molecule has 0 fully saturated rings. The smallest absolute Gasteiger partial charge is 0.189 e. The summed E-state index contributed by atoms with van der Waals surface area (Å²) in [5, 5.41) is 10.3. The summed E-state index contributed by atoms with van der Waals surface area (Å²) in [4.78, 5) is 0. The second kappa shape index (κ2) is 11.8. The third-order valence-electron chi connectivity index (χ3n) is 3.45. The van der Waals surface area contributed by atoms with E-state index in [-0.39, 0.29) is 22.8 Å². The Balaban J connectivity index is 2.82. The van der Waals surface area contributed by atoms with Gasteiger partial charge in [0.05, 0.1) is 30.6 Å². The zero-order chi connectivity index (χ0) is 19.4. The lowest BCUT2D eigenvalue weighted by Gasteiger charge is -2.21. The van der Waals surface area contributed by atoms with E-state index in [0.29, 0.717) is 25.2 Å². The van der Waals surface area contributed by atoms with Crippen LogP contribution in [-0.4, -0.2) is 26.0 Å². The van der Waals surface area contributed by atoms with Crippen molar-refractivity contribution in [2.75, 3.05) is 13.7 Å². The average molecular weight is 380 g/mol. The zero-order valence-corrected chi connectivity index (χ0v) is 15.5. The molecule has 0 radical (unpaired) electrons. The van der Waals surface area contributed by atoms with Crippen LogP contribution < -0.4 is 22.5 Å². The van der Waals surface area contributed by atoms with Crippen molar-refractivity contribution in [1.82, 2.24) is 5.32 Å². The molecule has 8 heteroatoms. The third-order valence-corrected chi connectivity index (χ3v) is 3.56. The quantitative estimate of drug-likeness (QED) is 0.131. The number of hydrogen-bond donors (Lipinski definition) is 5. The van der Waals surface area contributed by atoms with Gasteiger partial charge in [0.2, 0.25) is 0 Å². The Kier molecular flexibility index (Phi) is 9.74. The Labute approximate surface area is 159 Å². The molecule has 1 rings (SSSR count). The number of ether oxygens (including phenoxy) is 2. The van der Waals surface area contributed by atoms with Crippen molar-refractivity contribution in [3.05, 3.63) is 70.5 Å². The Morgan fingerprint density at radius 2 is 1.96 bits per heavy atom. The van der Waals surface area contributed by atoms with Crippen molar-refractivity contribution in [3.63, 3.8) is 0 Å². The van der Waals surface area contributed by atoms with Gasteiger partial charge in [-0.25, -0.2) is 0 Å². The zero-order valence-electron chi connectivity index (χ0n) is 14.7. The van der Waals surface area contributed by atoms with Crippen LogP contribution in [0, 0.1) is 5.41 Å². The summed E-state index contributed by atoms with van der Waals surface area (Å²) in [6.45, 7) is 0.944. The van der Waals surface area contributed by atoms with Gasteiger partial charge in [0.25, 0.3) is 0 Å². The Morgan fingerprint density at radius 3 is 2.54 bits per heavy atom. The van der Waals surface area contributed by atoms with Gasteiger partial charge in [-0.1, -0.05) is 41.9 Å². The van der Waals surface area contributed by atoms with Crippen molar-refractivity contribution >= 4 is 17.8 Å². The molecule has 0 saturated heterocycles. The SMILES string of the molecule is CO/C(N)=C(/C=C(\N)Cl)C(CCOCc1ccccc1)N/C=C(/N)C=N.